The average Bonchev–Trinajstić information content (AvgIpc) is 2.44. The van der Waals surface area contributed by atoms with E-state index in [9.17, 15) is 19.5 Å². The number of nitrogens with one attached hydrogen (secondary N) is 1. The van der Waals surface area contributed by atoms with Crippen molar-refractivity contribution in [3.63, 3.8) is 0 Å². The van der Waals surface area contributed by atoms with Crippen molar-refractivity contribution in [2.75, 3.05) is 26.7 Å². The van der Waals surface area contributed by atoms with Gasteiger partial charge in [-0.1, -0.05) is 6.92 Å². The third-order valence-electron chi connectivity index (χ3n) is 4.63. The number of likely N-dealkylation sites (N-methyl/N-ethyl adjacent to an activating group) is 1. The highest BCUT2D eigenvalue weighted by Crippen LogP contribution is 2.32. The third kappa shape index (κ3) is 3.28. The van der Waals surface area contributed by atoms with E-state index in [-0.39, 0.29) is 12.5 Å². The van der Waals surface area contributed by atoms with Gasteiger partial charge in [-0.05, 0) is 31.6 Å². The van der Waals surface area contributed by atoms with Crippen LogP contribution in [0, 0.1) is 5.92 Å². The van der Waals surface area contributed by atoms with Gasteiger partial charge >= 0.3 is 12.0 Å². The van der Waals surface area contributed by atoms with Gasteiger partial charge in [-0.25, -0.2) is 9.59 Å². The number of carbonyl (C=O) groups is 3. The molecule has 0 bridgehead atoms. The topological polar surface area (TPSA) is 90.0 Å². The smallest absolute Gasteiger partial charge is 0.329 e. The van der Waals surface area contributed by atoms with Crippen molar-refractivity contribution in [3.05, 3.63) is 0 Å². The van der Waals surface area contributed by atoms with Crippen molar-refractivity contribution in [1.29, 1.82) is 0 Å². The molecule has 1 aliphatic heterocycles. The van der Waals surface area contributed by atoms with Gasteiger partial charge in [-0.15, -0.1) is 0 Å². The molecule has 3 amide bonds. The van der Waals surface area contributed by atoms with Gasteiger partial charge in [-0.3, -0.25) is 4.79 Å². The summed E-state index contributed by atoms with van der Waals surface area (Å²) >= 11 is 0. The van der Waals surface area contributed by atoms with E-state index >= 15 is 0 Å². The van der Waals surface area contributed by atoms with Gasteiger partial charge in [0, 0.05) is 20.1 Å². The summed E-state index contributed by atoms with van der Waals surface area (Å²) in [6.07, 6.45) is 2.45. The molecule has 1 aliphatic carbocycles. The Morgan fingerprint density at radius 3 is 2.43 bits per heavy atom. The van der Waals surface area contributed by atoms with Crippen LogP contribution in [0.4, 0.5) is 4.79 Å². The number of aliphatic carboxylic acids is 1. The fourth-order valence-electron chi connectivity index (χ4n) is 2.86. The number of piperazine rings is 1. The predicted molar refractivity (Wildman–Crippen MR) is 75.7 cm³/mol. The number of hydrogen-bond acceptors (Lipinski definition) is 3. The maximum Gasteiger partial charge on any atom is 0.329 e. The maximum atomic E-state index is 12.3. The number of carbonyl (C=O) groups excluding carboxylic acids is 2. The standard InChI is InChI=1S/C14H23N3O4/c1-10-3-5-14(6-4-10,12(19)20)15-13(21)17-8-7-16(2)11(18)9-17/h10H,3-9H2,1-2H3,(H,15,21)(H,19,20). The SMILES string of the molecule is CC1CCC(NC(=O)N2CCN(C)C(=O)C2)(C(=O)O)CC1. The van der Waals surface area contributed by atoms with Gasteiger partial charge in [0.05, 0.1) is 0 Å². The van der Waals surface area contributed by atoms with E-state index in [4.69, 9.17) is 0 Å². The van der Waals surface area contributed by atoms with Gasteiger partial charge < -0.3 is 20.2 Å². The summed E-state index contributed by atoms with van der Waals surface area (Å²) in [6.45, 7) is 3.00. The zero-order valence-corrected chi connectivity index (χ0v) is 12.6. The first-order chi connectivity index (χ1) is 9.84. The molecule has 0 atom stereocenters. The Hall–Kier alpha value is -1.79. The average molecular weight is 297 g/mol. The largest absolute Gasteiger partial charge is 0.480 e. The molecule has 0 unspecified atom stereocenters. The summed E-state index contributed by atoms with van der Waals surface area (Å²) in [5.41, 5.74) is -1.18. The molecule has 0 aromatic heterocycles. The molecular weight excluding hydrogens is 274 g/mol. The molecule has 1 saturated heterocycles. The fourth-order valence-corrected chi connectivity index (χ4v) is 2.86. The van der Waals surface area contributed by atoms with Crippen LogP contribution in [0.25, 0.3) is 0 Å². The Morgan fingerprint density at radius 2 is 1.90 bits per heavy atom. The summed E-state index contributed by atoms with van der Waals surface area (Å²) in [4.78, 5) is 38.5. The minimum Gasteiger partial charge on any atom is -0.480 e. The van der Waals surface area contributed by atoms with Crippen LogP contribution in [0.2, 0.25) is 0 Å². The molecule has 0 aromatic rings. The zero-order chi connectivity index (χ0) is 15.6. The lowest BCUT2D eigenvalue weighted by Gasteiger charge is -2.39. The van der Waals surface area contributed by atoms with Crippen molar-refractivity contribution >= 4 is 17.9 Å². The van der Waals surface area contributed by atoms with Gasteiger partial charge in [0.2, 0.25) is 5.91 Å². The highest BCUT2D eigenvalue weighted by atomic mass is 16.4. The first-order valence-electron chi connectivity index (χ1n) is 7.38. The number of rotatable bonds is 2. The molecule has 7 heteroatoms. The molecule has 118 valence electrons. The van der Waals surface area contributed by atoms with Gasteiger partial charge in [-0.2, -0.15) is 0 Å². The summed E-state index contributed by atoms with van der Waals surface area (Å²) < 4.78 is 0. The molecule has 1 heterocycles. The summed E-state index contributed by atoms with van der Waals surface area (Å²) in [7, 11) is 1.69. The van der Waals surface area contributed by atoms with Crippen LogP contribution in [0.3, 0.4) is 0 Å². The van der Waals surface area contributed by atoms with Crippen molar-refractivity contribution < 1.29 is 19.5 Å². The Kier molecular flexibility index (Phi) is 4.39. The normalized spacial score (nSPS) is 30.2. The number of carboxylic acid groups (broad SMARTS) is 1. The minimum absolute atomic E-state index is 0.00837. The number of carboxylic acids is 1. The monoisotopic (exact) mass is 297 g/mol. The van der Waals surface area contributed by atoms with Gasteiger partial charge in [0.25, 0.3) is 0 Å². The molecular formula is C14H23N3O4. The molecule has 0 spiro atoms. The predicted octanol–water partition coefficient (Wildman–Crippen LogP) is 0.504. The van der Waals surface area contributed by atoms with Crippen LogP contribution >= 0.6 is 0 Å². The third-order valence-corrected chi connectivity index (χ3v) is 4.63. The van der Waals surface area contributed by atoms with Gasteiger partial charge in [0.1, 0.15) is 12.1 Å². The van der Waals surface area contributed by atoms with Crippen LogP contribution in [0.5, 0.6) is 0 Å². The lowest BCUT2D eigenvalue weighted by Crippen LogP contribution is -2.62. The van der Waals surface area contributed by atoms with Crippen LogP contribution in [0.15, 0.2) is 0 Å². The molecule has 2 fully saturated rings. The van der Waals surface area contributed by atoms with E-state index in [1.54, 1.807) is 11.9 Å². The van der Waals surface area contributed by atoms with Crippen molar-refractivity contribution in [2.24, 2.45) is 5.92 Å². The molecule has 1 saturated carbocycles. The number of hydrogen-bond donors (Lipinski definition) is 2. The van der Waals surface area contributed by atoms with Crippen molar-refractivity contribution in [3.8, 4) is 0 Å². The highest BCUT2D eigenvalue weighted by molar-refractivity contribution is 5.89. The van der Waals surface area contributed by atoms with E-state index in [0.29, 0.717) is 31.8 Å². The van der Waals surface area contributed by atoms with Crippen LogP contribution in [0.1, 0.15) is 32.6 Å². The van der Waals surface area contributed by atoms with Crippen molar-refractivity contribution in [1.82, 2.24) is 15.1 Å². The molecule has 0 aromatic carbocycles. The summed E-state index contributed by atoms with van der Waals surface area (Å²) in [6, 6.07) is -0.451. The minimum atomic E-state index is -1.18. The number of urea groups is 1. The maximum absolute atomic E-state index is 12.3. The highest BCUT2D eigenvalue weighted by Gasteiger charge is 2.43. The first kappa shape index (κ1) is 15.6. The van der Waals surface area contributed by atoms with E-state index in [0.717, 1.165) is 12.8 Å². The summed E-state index contributed by atoms with van der Waals surface area (Å²) in [5.74, 6) is -0.624. The Balaban J connectivity index is 2.02. The molecule has 2 aliphatic rings. The van der Waals surface area contributed by atoms with Crippen LogP contribution < -0.4 is 5.32 Å². The van der Waals surface area contributed by atoms with E-state index in [1.165, 1.54) is 4.90 Å². The molecule has 7 nitrogen and oxygen atoms in total. The Labute approximate surface area is 124 Å². The quantitative estimate of drug-likeness (QED) is 0.777. The van der Waals surface area contributed by atoms with Crippen LogP contribution in [-0.4, -0.2) is 65.0 Å². The second-order valence-corrected chi connectivity index (χ2v) is 6.24. The molecule has 21 heavy (non-hydrogen) atoms. The van der Waals surface area contributed by atoms with E-state index < -0.39 is 17.5 Å². The van der Waals surface area contributed by atoms with E-state index in [1.807, 2.05) is 0 Å². The fraction of sp³-hybridized carbons (Fsp3) is 0.786. The summed E-state index contributed by atoms with van der Waals surface area (Å²) in [5, 5.41) is 12.2. The Morgan fingerprint density at radius 1 is 1.29 bits per heavy atom. The molecule has 2 rings (SSSR count). The second-order valence-electron chi connectivity index (χ2n) is 6.24. The number of nitrogens with zero attached hydrogens (tertiary/aromatic N) is 2. The molecule has 2 N–H and O–H groups in total. The first-order valence-corrected chi connectivity index (χ1v) is 7.38. The zero-order valence-electron chi connectivity index (χ0n) is 12.6. The van der Waals surface area contributed by atoms with E-state index in [2.05, 4.69) is 12.2 Å². The Bertz CT molecular complexity index is 444. The molecule has 0 radical (unpaired) electrons. The van der Waals surface area contributed by atoms with Gasteiger partial charge in [0.15, 0.2) is 0 Å². The second kappa shape index (κ2) is 5.91. The van der Waals surface area contributed by atoms with Crippen molar-refractivity contribution in [2.45, 2.75) is 38.1 Å². The van der Waals surface area contributed by atoms with Crippen LogP contribution in [-0.2, 0) is 9.59 Å². The number of amides is 3. The lowest BCUT2D eigenvalue weighted by atomic mass is 9.77. The lowest BCUT2D eigenvalue weighted by molar-refractivity contribution is -0.146.